The van der Waals surface area contributed by atoms with E-state index in [0.717, 1.165) is 6.07 Å². The van der Waals surface area contributed by atoms with E-state index in [4.69, 9.17) is 9.47 Å². The zero-order valence-corrected chi connectivity index (χ0v) is 13.5. The summed E-state index contributed by atoms with van der Waals surface area (Å²) >= 11 is 0. The smallest absolute Gasteiger partial charge is 0.416 e. The highest BCUT2D eigenvalue weighted by Gasteiger charge is 2.35. The quantitative estimate of drug-likeness (QED) is 0.872. The number of benzene rings is 2. The van der Waals surface area contributed by atoms with Crippen molar-refractivity contribution in [3.05, 3.63) is 59.7 Å². The Kier molecular flexibility index (Phi) is 5.03. The van der Waals surface area contributed by atoms with E-state index in [0.29, 0.717) is 11.5 Å². The van der Waals surface area contributed by atoms with Gasteiger partial charge in [-0.3, -0.25) is 4.79 Å². The second-order valence-corrected chi connectivity index (χ2v) is 5.71. The monoisotopic (exact) mass is 367 g/mol. The van der Waals surface area contributed by atoms with Crippen molar-refractivity contribution in [3.8, 4) is 11.5 Å². The fraction of sp³-hybridized carbons (Fsp3) is 0.278. The van der Waals surface area contributed by atoms with Gasteiger partial charge >= 0.3 is 6.18 Å². The molecular formula is C18H16F3NO4. The third kappa shape index (κ3) is 3.91. The first kappa shape index (κ1) is 18.1. The summed E-state index contributed by atoms with van der Waals surface area (Å²) in [4.78, 5) is 12.2. The van der Waals surface area contributed by atoms with E-state index >= 15 is 0 Å². The molecule has 0 spiro atoms. The summed E-state index contributed by atoms with van der Waals surface area (Å²) in [5.74, 6) is 0.334. The fourth-order valence-electron chi connectivity index (χ4n) is 2.62. The number of halogens is 3. The number of aliphatic hydroxyl groups excluding tert-OH is 1. The van der Waals surface area contributed by atoms with Gasteiger partial charge in [0.05, 0.1) is 11.7 Å². The summed E-state index contributed by atoms with van der Waals surface area (Å²) in [5, 5.41) is 12.5. The first-order chi connectivity index (χ1) is 12.4. The van der Waals surface area contributed by atoms with Crippen LogP contribution in [0.4, 0.5) is 13.2 Å². The van der Waals surface area contributed by atoms with Gasteiger partial charge in [0.15, 0.2) is 11.5 Å². The minimum absolute atomic E-state index is 0.0297. The summed E-state index contributed by atoms with van der Waals surface area (Å²) in [7, 11) is 0. The van der Waals surface area contributed by atoms with Gasteiger partial charge in [-0.2, -0.15) is 13.2 Å². The summed E-state index contributed by atoms with van der Waals surface area (Å²) in [6.45, 7) is -0.411. The molecule has 138 valence electrons. The molecule has 26 heavy (non-hydrogen) atoms. The SMILES string of the molecule is O=C(NC[C@@H](O)c1ccccc1C(F)(F)F)[C@@H]1COc2ccccc2O1. The Labute approximate surface area is 147 Å². The number of nitrogens with one attached hydrogen (secondary N) is 1. The predicted molar refractivity (Wildman–Crippen MR) is 85.8 cm³/mol. The van der Waals surface area contributed by atoms with E-state index in [1.807, 2.05) is 0 Å². The highest BCUT2D eigenvalue weighted by atomic mass is 19.4. The highest BCUT2D eigenvalue weighted by Crippen LogP contribution is 2.34. The maximum atomic E-state index is 13.0. The van der Waals surface area contributed by atoms with Crippen LogP contribution in [-0.2, 0) is 11.0 Å². The van der Waals surface area contributed by atoms with Crippen LogP contribution in [0, 0.1) is 0 Å². The first-order valence-corrected chi connectivity index (χ1v) is 7.86. The Bertz CT molecular complexity index is 794. The number of hydrogen-bond acceptors (Lipinski definition) is 4. The van der Waals surface area contributed by atoms with Crippen LogP contribution in [0.2, 0.25) is 0 Å². The zero-order chi connectivity index (χ0) is 18.7. The van der Waals surface area contributed by atoms with Crippen molar-refractivity contribution < 1.29 is 32.5 Å². The van der Waals surface area contributed by atoms with Crippen LogP contribution in [0.3, 0.4) is 0 Å². The van der Waals surface area contributed by atoms with Crippen molar-refractivity contribution in [1.29, 1.82) is 0 Å². The van der Waals surface area contributed by atoms with Crippen molar-refractivity contribution in [1.82, 2.24) is 5.32 Å². The Morgan fingerprint density at radius 2 is 1.81 bits per heavy atom. The molecule has 1 amide bonds. The van der Waals surface area contributed by atoms with Crippen LogP contribution in [0.15, 0.2) is 48.5 Å². The van der Waals surface area contributed by atoms with Crippen LogP contribution in [-0.4, -0.2) is 30.3 Å². The highest BCUT2D eigenvalue weighted by molar-refractivity contribution is 5.81. The van der Waals surface area contributed by atoms with Gasteiger partial charge < -0.3 is 19.9 Å². The molecule has 0 radical (unpaired) electrons. The molecular weight excluding hydrogens is 351 g/mol. The van der Waals surface area contributed by atoms with Gasteiger partial charge in [0, 0.05) is 6.54 Å². The molecule has 1 aliphatic rings. The van der Waals surface area contributed by atoms with E-state index in [2.05, 4.69) is 5.32 Å². The molecule has 2 aromatic rings. The third-order valence-corrected chi connectivity index (χ3v) is 3.90. The van der Waals surface area contributed by atoms with E-state index in [-0.39, 0.29) is 18.7 Å². The maximum absolute atomic E-state index is 13.0. The van der Waals surface area contributed by atoms with Crippen LogP contribution in [0.1, 0.15) is 17.2 Å². The molecule has 3 rings (SSSR count). The first-order valence-electron chi connectivity index (χ1n) is 7.86. The van der Waals surface area contributed by atoms with Gasteiger partial charge in [-0.25, -0.2) is 0 Å². The van der Waals surface area contributed by atoms with E-state index in [1.165, 1.54) is 18.2 Å². The van der Waals surface area contributed by atoms with Crippen LogP contribution >= 0.6 is 0 Å². The minimum Gasteiger partial charge on any atom is -0.485 e. The summed E-state index contributed by atoms with van der Waals surface area (Å²) in [6.07, 6.45) is -7.05. The van der Waals surface area contributed by atoms with Gasteiger partial charge in [0.25, 0.3) is 5.91 Å². The number of fused-ring (bicyclic) bond motifs is 1. The van der Waals surface area contributed by atoms with Crippen LogP contribution < -0.4 is 14.8 Å². The summed E-state index contributed by atoms with van der Waals surface area (Å²) in [5.41, 5.74) is -1.24. The van der Waals surface area contributed by atoms with Crippen molar-refractivity contribution in [2.24, 2.45) is 0 Å². The van der Waals surface area contributed by atoms with Gasteiger partial charge in [-0.05, 0) is 23.8 Å². The fourth-order valence-corrected chi connectivity index (χ4v) is 2.62. The molecule has 1 heterocycles. The standard InChI is InChI=1S/C18H16F3NO4/c19-18(20,21)12-6-2-1-5-11(12)13(23)9-22-17(24)16-10-25-14-7-3-4-8-15(14)26-16/h1-8,13,16,23H,9-10H2,(H,22,24)/t13-,16+/m1/s1. The molecule has 8 heteroatoms. The van der Waals surface area contributed by atoms with Crippen LogP contribution in [0.25, 0.3) is 0 Å². The lowest BCUT2D eigenvalue weighted by molar-refractivity contribution is -0.139. The molecule has 5 nitrogen and oxygen atoms in total. The van der Waals surface area contributed by atoms with Gasteiger partial charge in [0.2, 0.25) is 6.10 Å². The molecule has 0 fully saturated rings. The van der Waals surface area contributed by atoms with E-state index < -0.39 is 29.9 Å². The average Bonchev–Trinajstić information content (AvgIpc) is 2.64. The Hall–Kier alpha value is -2.74. The number of ether oxygens (including phenoxy) is 2. The van der Waals surface area contributed by atoms with E-state index in [9.17, 15) is 23.1 Å². The molecule has 2 atom stereocenters. The van der Waals surface area contributed by atoms with Gasteiger partial charge in [0.1, 0.15) is 6.61 Å². The molecule has 1 aliphatic heterocycles. The Balaban J connectivity index is 1.62. The lowest BCUT2D eigenvalue weighted by atomic mass is 10.0. The summed E-state index contributed by atoms with van der Waals surface area (Å²) in [6, 6.07) is 11.5. The van der Waals surface area contributed by atoms with Gasteiger partial charge in [-0.1, -0.05) is 30.3 Å². The van der Waals surface area contributed by atoms with Crippen LogP contribution in [0.5, 0.6) is 11.5 Å². The number of para-hydroxylation sites is 2. The normalized spacial score (nSPS) is 17.5. The molecule has 0 unspecified atom stereocenters. The minimum atomic E-state index is -4.59. The predicted octanol–water partition coefficient (Wildman–Crippen LogP) is 2.70. The van der Waals surface area contributed by atoms with Crippen molar-refractivity contribution in [3.63, 3.8) is 0 Å². The lowest BCUT2D eigenvalue weighted by Crippen LogP contribution is -2.45. The number of hydrogen-bond donors (Lipinski definition) is 2. The number of alkyl halides is 3. The number of amides is 1. The number of aliphatic hydroxyl groups is 1. The average molecular weight is 367 g/mol. The largest absolute Gasteiger partial charge is 0.485 e. The second kappa shape index (κ2) is 7.25. The molecule has 0 saturated carbocycles. The van der Waals surface area contributed by atoms with Crippen molar-refractivity contribution in [2.45, 2.75) is 18.4 Å². The summed E-state index contributed by atoms with van der Waals surface area (Å²) < 4.78 is 49.9. The number of rotatable bonds is 4. The second-order valence-electron chi connectivity index (χ2n) is 5.71. The van der Waals surface area contributed by atoms with Gasteiger partial charge in [-0.15, -0.1) is 0 Å². The molecule has 0 aliphatic carbocycles. The third-order valence-electron chi connectivity index (χ3n) is 3.90. The topological polar surface area (TPSA) is 67.8 Å². The molecule has 0 bridgehead atoms. The zero-order valence-electron chi connectivity index (χ0n) is 13.5. The Morgan fingerprint density at radius 3 is 2.54 bits per heavy atom. The maximum Gasteiger partial charge on any atom is 0.416 e. The molecule has 2 aromatic carbocycles. The van der Waals surface area contributed by atoms with Crippen molar-refractivity contribution >= 4 is 5.91 Å². The number of carbonyl (C=O) groups excluding carboxylic acids is 1. The van der Waals surface area contributed by atoms with Crippen molar-refractivity contribution in [2.75, 3.05) is 13.2 Å². The number of carbonyl (C=O) groups is 1. The Morgan fingerprint density at radius 1 is 1.15 bits per heavy atom. The molecule has 2 N–H and O–H groups in total. The van der Waals surface area contributed by atoms with E-state index in [1.54, 1.807) is 24.3 Å². The lowest BCUT2D eigenvalue weighted by Gasteiger charge is -2.26. The molecule has 0 aromatic heterocycles. The molecule has 0 saturated heterocycles.